The van der Waals surface area contributed by atoms with Crippen LogP contribution in [0.15, 0.2) is 24.3 Å². The van der Waals surface area contributed by atoms with Gasteiger partial charge in [-0.1, -0.05) is 19.3 Å². The minimum Gasteiger partial charge on any atom is -0.497 e. The molecule has 7 nitrogen and oxygen atoms in total. The first-order valence-corrected chi connectivity index (χ1v) is 11.1. The van der Waals surface area contributed by atoms with Crippen molar-refractivity contribution in [3.8, 4) is 5.75 Å². The maximum Gasteiger partial charge on any atom is 0.354 e. The van der Waals surface area contributed by atoms with Crippen molar-refractivity contribution in [2.75, 3.05) is 27.3 Å². The van der Waals surface area contributed by atoms with Crippen molar-refractivity contribution in [1.82, 2.24) is 9.88 Å². The van der Waals surface area contributed by atoms with E-state index in [1.54, 1.807) is 50.1 Å². The average molecular weight is 441 g/mol. The summed E-state index contributed by atoms with van der Waals surface area (Å²) in [7, 11) is 2.88. The van der Waals surface area contributed by atoms with Crippen LogP contribution in [0.4, 0.5) is 0 Å². The van der Waals surface area contributed by atoms with Crippen molar-refractivity contribution >= 4 is 17.7 Å². The van der Waals surface area contributed by atoms with Crippen LogP contribution in [-0.4, -0.2) is 54.9 Å². The molecule has 1 saturated carbocycles. The Balaban J connectivity index is 1.86. The molecule has 1 aliphatic rings. The summed E-state index contributed by atoms with van der Waals surface area (Å²) in [6.07, 6.45) is 5.66. The molecular formula is C25H32N2O5. The van der Waals surface area contributed by atoms with Crippen LogP contribution in [0.1, 0.15) is 74.6 Å². The van der Waals surface area contributed by atoms with E-state index >= 15 is 0 Å². The Labute approximate surface area is 189 Å². The number of Topliss-reactive ketones (excluding diaryl/α,β-unsaturated/α-hetero) is 1. The summed E-state index contributed by atoms with van der Waals surface area (Å²) in [4.78, 5) is 43.3. The number of carbonyl (C=O) groups excluding carboxylic acids is 3. The van der Waals surface area contributed by atoms with Crippen LogP contribution in [0.5, 0.6) is 5.75 Å². The second kappa shape index (κ2) is 10.5. The number of nitrogens with one attached hydrogen (secondary N) is 1. The van der Waals surface area contributed by atoms with Crippen molar-refractivity contribution in [3.05, 3.63) is 52.3 Å². The maximum atomic E-state index is 13.4. The summed E-state index contributed by atoms with van der Waals surface area (Å²) in [5, 5.41) is 0. The van der Waals surface area contributed by atoms with Crippen LogP contribution >= 0.6 is 0 Å². The van der Waals surface area contributed by atoms with Gasteiger partial charge in [-0.25, -0.2) is 4.79 Å². The first-order chi connectivity index (χ1) is 15.3. The Hall–Kier alpha value is -3.09. The van der Waals surface area contributed by atoms with Crippen molar-refractivity contribution in [1.29, 1.82) is 0 Å². The summed E-state index contributed by atoms with van der Waals surface area (Å²) in [6, 6.07) is 6.94. The molecule has 1 heterocycles. The number of aryl methyl sites for hydroxylation is 1. The van der Waals surface area contributed by atoms with Crippen LogP contribution in [0, 0.1) is 19.8 Å². The fourth-order valence-corrected chi connectivity index (χ4v) is 4.54. The zero-order valence-electron chi connectivity index (χ0n) is 19.3. The highest BCUT2D eigenvalue weighted by Crippen LogP contribution is 2.26. The first kappa shape index (κ1) is 23.6. The monoisotopic (exact) mass is 440 g/mol. The van der Waals surface area contributed by atoms with E-state index in [1.807, 2.05) is 0 Å². The van der Waals surface area contributed by atoms with Crippen molar-refractivity contribution in [3.63, 3.8) is 0 Å². The van der Waals surface area contributed by atoms with Gasteiger partial charge in [0.25, 0.3) is 5.91 Å². The van der Waals surface area contributed by atoms with Gasteiger partial charge in [-0.05, 0) is 62.4 Å². The van der Waals surface area contributed by atoms with Crippen LogP contribution in [0.25, 0.3) is 0 Å². The Kier molecular flexibility index (Phi) is 7.72. The van der Waals surface area contributed by atoms with Crippen LogP contribution in [0.2, 0.25) is 0 Å². The smallest absolute Gasteiger partial charge is 0.354 e. The van der Waals surface area contributed by atoms with Crippen LogP contribution in [-0.2, 0) is 4.74 Å². The number of aromatic nitrogens is 1. The molecule has 1 amide bonds. The molecule has 32 heavy (non-hydrogen) atoms. The number of benzene rings is 1. The molecular weight excluding hydrogens is 408 g/mol. The molecule has 0 bridgehead atoms. The number of rotatable bonds is 8. The van der Waals surface area contributed by atoms with Crippen molar-refractivity contribution in [2.24, 2.45) is 5.92 Å². The molecule has 1 aromatic carbocycles. The van der Waals surface area contributed by atoms with Crippen molar-refractivity contribution in [2.45, 2.75) is 46.0 Å². The van der Waals surface area contributed by atoms with E-state index in [1.165, 1.54) is 13.5 Å². The van der Waals surface area contributed by atoms with Gasteiger partial charge in [0.15, 0.2) is 5.78 Å². The molecule has 172 valence electrons. The van der Waals surface area contributed by atoms with Crippen LogP contribution in [0.3, 0.4) is 0 Å². The number of amides is 1. The second-order valence-corrected chi connectivity index (χ2v) is 8.46. The standard InChI is InChI=1S/C25H32N2O5/c1-16-22(17(2)26-23(16)25(30)32-4)21(28)15-27(14-18-8-6-5-7-9-18)24(29)19-10-12-20(31-3)13-11-19/h10-13,18,26H,5-9,14-15H2,1-4H3. The molecule has 1 N–H and O–H groups in total. The number of methoxy groups -OCH3 is 2. The molecule has 1 fully saturated rings. The van der Waals surface area contributed by atoms with E-state index < -0.39 is 5.97 Å². The quantitative estimate of drug-likeness (QED) is 0.487. The summed E-state index contributed by atoms with van der Waals surface area (Å²) in [5.41, 5.74) is 2.39. The first-order valence-electron chi connectivity index (χ1n) is 11.1. The molecule has 7 heteroatoms. The van der Waals surface area contributed by atoms with Crippen molar-refractivity contribution < 1.29 is 23.9 Å². The number of ketones is 1. The molecule has 0 atom stereocenters. The van der Waals surface area contributed by atoms with E-state index in [9.17, 15) is 14.4 Å². The molecule has 0 radical (unpaired) electrons. The highest BCUT2D eigenvalue weighted by atomic mass is 16.5. The molecule has 0 saturated heterocycles. The van der Waals surface area contributed by atoms with E-state index in [2.05, 4.69) is 4.98 Å². The summed E-state index contributed by atoms with van der Waals surface area (Å²) < 4.78 is 10.00. The lowest BCUT2D eigenvalue weighted by molar-refractivity contribution is 0.0593. The van der Waals surface area contributed by atoms with Gasteiger partial charge in [-0.2, -0.15) is 0 Å². The van der Waals surface area contributed by atoms with E-state index in [0.717, 1.165) is 25.7 Å². The summed E-state index contributed by atoms with van der Waals surface area (Å²) >= 11 is 0. The topological polar surface area (TPSA) is 88.7 Å². The Morgan fingerprint density at radius 2 is 1.69 bits per heavy atom. The van der Waals surface area contributed by atoms with Gasteiger partial charge in [-0.15, -0.1) is 0 Å². The average Bonchev–Trinajstić information content (AvgIpc) is 3.12. The SMILES string of the molecule is COC(=O)c1[nH]c(C)c(C(=O)CN(CC2CCCCC2)C(=O)c2ccc(OC)cc2)c1C. The molecule has 2 aromatic rings. The Morgan fingerprint density at radius 3 is 2.28 bits per heavy atom. The number of hydrogen-bond acceptors (Lipinski definition) is 5. The zero-order chi connectivity index (χ0) is 23.3. The molecule has 1 aliphatic carbocycles. The lowest BCUT2D eigenvalue weighted by atomic mass is 9.88. The highest BCUT2D eigenvalue weighted by Gasteiger charge is 2.28. The van der Waals surface area contributed by atoms with Gasteiger partial charge < -0.3 is 19.4 Å². The predicted molar refractivity (Wildman–Crippen MR) is 121 cm³/mol. The van der Waals surface area contributed by atoms with Gasteiger partial charge in [-0.3, -0.25) is 9.59 Å². The maximum absolute atomic E-state index is 13.4. The summed E-state index contributed by atoms with van der Waals surface area (Å²) in [6.45, 7) is 3.98. The number of esters is 1. The highest BCUT2D eigenvalue weighted by molar-refractivity contribution is 6.05. The predicted octanol–water partition coefficient (Wildman–Crippen LogP) is 4.33. The second-order valence-electron chi connectivity index (χ2n) is 8.46. The molecule has 3 rings (SSSR count). The minimum absolute atomic E-state index is 0.0402. The number of carbonyl (C=O) groups is 3. The minimum atomic E-state index is -0.516. The van der Waals surface area contributed by atoms with Crippen LogP contribution < -0.4 is 4.74 Å². The van der Waals surface area contributed by atoms with E-state index in [-0.39, 0.29) is 23.9 Å². The third-order valence-corrected chi connectivity index (χ3v) is 6.27. The van der Waals surface area contributed by atoms with Gasteiger partial charge >= 0.3 is 5.97 Å². The third kappa shape index (κ3) is 5.21. The van der Waals surface area contributed by atoms with Gasteiger partial charge in [0.2, 0.25) is 0 Å². The fraction of sp³-hybridized carbons (Fsp3) is 0.480. The largest absolute Gasteiger partial charge is 0.497 e. The van der Waals surface area contributed by atoms with Gasteiger partial charge in [0.05, 0.1) is 20.8 Å². The molecule has 0 unspecified atom stereocenters. The molecule has 0 spiro atoms. The lowest BCUT2D eigenvalue weighted by Crippen LogP contribution is -2.40. The van der Waals surface area contributed by atoms with Gasteiger partial charge in [0.1, 0.15) is 11.4 Å². The van der Waals surface area contributed by atoms with E-state index in [4.69, 9.17) is 9.47 Å². The Morgan fingerprint density at radius 1 is 1.03 bits per heavy atom. The summed E-state index contributed by atoms with van der Waals surface area (Å²) in [5.74, 6) is 0.177. The number of aromatic amines is 1. The number of H-pyrrole nitrogens is 1. The Bertz CT molecular complexity index is 971. The number of hydrogen-bond donors (Lipinski definition) is 1. The molecule has 1 aromatic heterocycles. The third-order valence-electron chi connectivity index (χ3n) is 6.27. The van der Waals surface area contributed by atoms with E-state index in [0.29, 0.717) is 40.6 Å². The van der Waals surface area contributed by atoms with Gasteiger partial charge in [0, 0.05) is 23.4 Å². The zero-order valence-corrected chi connectivity index (χ0v) is 19.3. The fourth-order valence-electron chi connectivity index (χ4n) is 4.54. The number of ether oxygens (including phenoxy) is 2. The molecule has 0 aliphatic heterocycles. The number of nitrogens with zero attached hydrogens (tertiary/aromatic N) is 1. The lowest BCUT2D eigenvalue weighted by Gasteiger charge is -2.29. The normalized spacial score (nSPS) is 14.1.